The monoisotopic (exact) mass is 333 g/mol. The Bertz CT molecular complexity index is 642. The van der Waals surface area contributed by atoms with Crippen LogP contribution in [0.3, 0.4) is 0 Å². The minimum absolute atomic E-state index is 0.119. The lowest BCUT2D eigenvalue weighted by Gasteiger charge is -2.26. The first kappa shape index (κ1) is 16.2. The van der Waals surface area contributed by atoms with E-state index >= 15 is 0 Å². The van der Waals surface area contributed by atoms with E-state index in [4.69, 9.17) is 17.3 Å². The van der Waals surface area contributed by atoms with Crippen molar-refractivity contribution in [2.24, 2.45) is 5.73 Å². The third-order valence-electron chi connectivity index (χ3n) is 3.51. The van der Waals surface area contributed by atoms with Crippen molar-refractivity contribution in [3.05, 3.63) is 33.3 Å². The molecule has 0 bridgehead atoms. The smallest absolute Gasteiger partial charge is 0.271 e. The van der Waals surface area contributed by atoms with Gasteiger partial charge in [-0.05, 0) is 31.7 Å². The van der Waals surface area contributed by atoms with Gasteiger partial charge in [0, 0.05) is 24.2 Å². The van der Waals surface area contributed by atoms with E-state index in [2.05, 4.69) is 4.72 Å². The summed E-state index contributed by atoms with van der Waals surface area (Å²) in [7, 11) is -3.80. The number of nitro groups is 1. The number of nitrogens with one attached hydrogen (secondary N) is 1. The van der Waals surface area contributed by atoms with E-state index in [-0.39, 0.29) is 27.7 Å². The normalized spacial score (nSPS) is 23.0. The lowest BCUT2D eigenvalue weighted by molar-refractivity contribution is -0.384. The van der Waals surface area contributed by atoms with Crippen LogP contribution in [0.1, 0.15) is 25.7 Å². The van der Waals surface area contributed by atoms with Crippen LogP contribution in [-0.2, 0) is 10.0 Å². The second-order valence-electron chi connectivity index (χ2n) is 5.10. The van der Waals surface area contributed by atoms with Gasteiger partial charge in [-0.25, -0.2) is 13.1 Å². The molecule has 3 N–H and O–H groups in total. The van der Waals surface area contributed by atoms with Crippen LogP contribution in [0.15, 0.2) is 23.1 Å². The Morgan fingerprint density at radius 2 is 1.90 bits per heavy atom. The number of halogens is 1. The second kappa shape index (κ2) is 6.27. The molecule has 1 aliphatic rings. The van der Waals surface area contributed by atoms with Crippen molar-refractivity contribution in [2.45, 2.75) is 42.7 Å². The minimum atomic E-state index is -3.80. The molecule has 7 nitrogen and oxygen atoms in total. The van der Waals surface area contributed by atoms with Gasteiger partial charge in [0.05, 0.1) is 9.95 Å². The van der Waals surface area contributed by atoms with Crippen LogP contribution in [0, 0.1) is 10.1 Å². The molecule has 0 aliphatic heterocycles. The first-order valence-electron chi connectivity index (χ1n) is 6.51. The van der Waals surface area contributed by atoms with Gasteiger partial charge in [0.1, 0.15) is 4.90 Å². The van der Waals surface area contributed by atoms with E-state index < -0.39 is 14.9 Å². The first-order chi connectivity index (χ1) is 9.79. The summed E-state index contributed by atoms with van der Waals surface area (Å²) in [5, 5.41) is 10.5. The third kappa shape index (κ3) is 3.91. The van der Waals surface area contributed by atoms with Gasteiger partial charge in [0.15, 0.2) is 0 Å². The predicted molar refractivity (Wildman–Crippen MR) is 78.7 cm³/mol. The average Bonchev–Trinajstić information content (AvgIpc) is 2.40. The molecule has 0 saturated heterocycles. The summed E-state index contributed by atoms with van der Waals surface area (Å²) < 4.78 is 27.2. The number of sulfonamides is 1. The third-order valence-corrected chi connectivity index (χ3v) is 5.51. The Hall–Kier alpha value is -1.22. The standard InChI is InChI=1S/C12H16ClN3O4S/c13-11-7-10(16(17)18)5-6-12(11)21(19,20)15-9-3-1-8(14)2-4-9/h5-9,15H,1-4,14H2. The van der Waals surface area contributed by atoms with Crippen molar-refractivity contribution in [3.8, 4) is 0 Å². The number of hydrogen-bond acceptors (Lipinski definition) is 5. The zero-order chi connectivity index (χ0) is 15.6. The molecule has 9 heteroatoms. The number of non-ortho nitro benzene ring substituents is 1. The summed E-state index contributed by atoms with van der Waals surface area (Å²) in [6.07, 6.45) is 2.87. The van der Waals surface area contributed by atoms with Gasteiger partial charge in [0.2, 0.25) is 10.0 Å². The summed E-state index contributed by atoms with van der Waals surface area (Å²) in [4.78, 5) is 9.86. The Balaban J connectivity index is 2.18. The van der Waals surface area contributed by atoms with Crippen molar-refractivity contribution >= 4 is 27.3 Å². The number of benzene rings is 1. The number of nitro benzene ring substituents is 1. The van der Waals surface area contributed by atoms with Gasteiger partial charge in [-0.1, -0.05) is 11.6 Å². The van der Waals surface area contributed by atoms with E-state index in [0.29, 0.717) is 12.8 Å². The Labute approximate surface area is 127 Å². The molecule has 0 amide bonds. The molecule has 0 heterocycles. The average molecular weight is 334 g/mol. The fourth-order valence-corrected chi connectivity index (χ4v) is 4.19. The van der Waals surface area contributed by atoms with Crippen molar-refractivity contribution < 1.29 is 13.3 Å². The van der Waals surface area contributed by atoms with E-state index in [1.807, 2.05) is 0 Å². The molecule has 2 rings (SSSR count). The first-order valence-corrected chi connectivity index (χ1v) is 8.37. The maximum atomic E-state index is 12.3. The molecule has 1 aromatic carbocycles. The van der Waals surface area contributed by atoms with Crippen LogP contribution in [-0.4, -0.2) is 25.4 Å². The van der Waals surface area contributed by atoms with Crippen molar-refractivity contribution in [1.29, 1.82) is 0 Å². The molecule has 1 aromatic rings. The molecule has 0 aromatic heterocycles. The molecule has 1 aliphatic carbocycles. The van der Waals surface area contributed by atoms with E-state index in [1.54, 1.807) is 0 Å². The highest BCUT2D eigenvalue weighted by Gasteiger charge is 2.26. The molecule has 0 radical (unpaired) electrons. The molecule has 1 saturated carbocycles. The largest absolute Gasteiger partial charge is 0.328 e. The summed E-state index contributed by atoms with van der Waals surface area (Å²) in [5.74, 6) is 0. The van der Waals surface area contributed by atoms with Crippen LogP contribution in [0.4, 0.5) is 5.69 Å². The highest BCUT2D eigenvalue weighted by atomic mass is 35.5. The highest BCUT2D eigenvalue weighted by molar-refractivity contribution is 7.89. The van der Waals surface area contributed by atoms with Gasteiger partial charge in [0.25, 0.3) is 5.69 Å². The van der Waals surface area contributed by atoms with Crippen molar-refractivity contribution in [3.63, 3.8) is 0 Å². The highest BCUT2D eigenvalue weighted by Crippen LogP contribution is 2.27. The number of hydrogen-bond donors (Lipinski definition) is 2. The topological polar surface area (TPSA) is 115 Å². The Kier molecular flexibility index (Phi) is 4.82. The molecule has 0 unspecified atom stereocenters. The van der Waals surface area contributed by atoms with Crippen LogP contribution in [0.25, 0.3) is 0 Å². The van der Waals surface area contributed by atoms with Gasteiger partial charge < -0.3 is 5.73 Å². The number of nitrogens with zero attached hydrogens (tertiary/aromatic N) is 1. The van der Waals surface area contributed by atoms with E-state index in [9.17, 15) is 18.5 Å². The Morgan fingerprint density at radius 3 is 2.43 bits per heavy atom. The lowest BCUT2D eigenvalue weighted by Crippen LogP contribution is -2.40. The van der Waals surface area contributed by atoms with Crippen LogP contribution >= 0.6 is 11.6 Å². The van der Waals surface area contributed by atoms with Crippen LogP contribution in [0.2, 0.25) is 5.02 Å². The summed E-state index contributed by atoms with van der Waals surface area (Å²) in [5.41, 5.74) is 5.53. The fraction of sp³-hybridized carbons (Fsp3) is 0.500. The minimum Gasteiger partial charge on any atom is -0.328 e. The molecular weight excluding hydrogens is 318 g/mol. The van der Waals surface area contributed by atoms with E-state index in [1.165, 1.54) is 0 Å². The van der Waals surface area contributed by atoms with Crippen LogP contribution in [0.5, 0.6) is 0 Å². The molecule has 116 valence electrons. The molecule has 0 atom stereocenters. The molecule has 1 fully saturated rings. The molecule has 0 spiro atoms. The maximum absolute atomic E-state index is 12.3. The zero-order valence-electron chi connectivity index (χ0n) is 11.2. The van der Waals surface area contributed by atoms with E-state index in [0.717, 1.165) is 31.0 Å². The van der Waals surface area contributed by atoms with Gasteiger partial charge >= 0.3 is 0 Å². The summed E-state index contributed by atoms with van der Waals surface area (Å²) in [6, 6.07) is 3.25. The summed E-state index contributed by atoms with van der Waals surface area (Å²) >= 11 is 5.86. The van der Waals surface area contributed by atoms with Crippen LogP contribution < -0.4 is 10.5 Å². The fourth-order valence-electron chi connectivity index (χ4n) is 2.34. The van der Waals surface area contributed by atoms with Crippen molar-refractivity contribution in [2.75, 3.05) is 0 Å². The number of rotatable bonds is 4. The van der Waals surface area contributed by atoms with Gasteiger partial charge in [-0.3, -0.25) is 10.1 Å². The maximum Gasteiger partial charge on any atom is 0.271 e. The Morgan fingerprint density at radius 1 is 1.29 bits per heavy atom. The molecular formula is C12H16ClN3O4S. The number of nitrogens with two attached hydrogens (primary N) is 1. The summed E-state index contributed by atoms with van der Waals surface area (Å²) in [6.45, 7) is 0. The quantitative estimate of drug-likeness (QED) is 0.643. The second-order valence-corrected chi connectivity index (χ2v) is 7.19. The van der Waals surface area contributed by atoms with Gasteiger partial charge in [-0.2, -0.15) is 0 Å². The SMILES string of the molecule is NC1CCC(NS(=O)(=O)c2ccc([N+](=O)[O-])cc2Cl)CC1. The molecule has 21 heavy (non-hydrogen) atoms. The predicted octanol–water partition coefficient (Wildman–Crippen LogP) is 1.80. The van der Waals surface area contributed by atoms with Crippen molar-refractivity contribution in [1.82, 2.24) is 4.72 Å². The van der Waals surface area contributed by atoms with Gasteiger partial charge in [-0.15, -0.1) is 0 Å². The zero-order valence-corrected chi connectivity index (χ0v) is 12.7. The lowest BCUT2D eigenvalue weighted by atomic mass is 9.93.